The van der Waals surface area contributed by atoms with Crippen molar-refractivity contribution in [2.24, 2.45) is 0 Å². The summed E-state index contributed by atoms with van der Waals surface area (Å²) < 4.78 is 29.7. The maximum Gasteiger partial charge on any atom is 0.244 e. The standard InChI is InChI=1S/C10H14O4/c1-2-7-5-8-6-11-9(14-8)10(7)12-3-4-13-10/h5,8-9H,2-4,6H2,1H3/t8-,9?/m0/s1/i1D. The van der Waals surface area contributed by atoms with Gasteiger partial charge in [0.15, 0.2) is 0 Å². The molecule has 2 atom stereocenters. The van der Waals surface area contributed by atoms with Crippen molar-refractivity contribution in [3.8, 4) is 0 Å². The smallest absolute Gasteiger partial charge is 0.244 e. The Bertz CT molecular complexity index is 285. The van der Waals surface area contributed by atoms with E-state index in [4.69, 9.17) is 20.3 Å². The van der Waals surface area contributed by atoms with Crippen molar-refractivity contribution in [1.29, 1.82) is 0 Å². The molecule has 0 aromatic carbocycles. The summed E-state index contributed by atoms with van der Waals surface area (Å²) in [4.78, 5) is 0. The monoisotopic (exact) mass is 199 g/mol. The molecule has 0 saturated carbocycles. The van der Waals surface area contributed by atoms with Crippen molar-refractivity contribution in [2.75, 3.05) is 19.8 Å². The fourth-order valence-corrected chi connectivity index (χ4v) is 2.21. The van der Waals surface area contributed by atoms with Crippen LogP contribution in [0.1, 0.15) is 14.7 Å². The Kier molecular flexibility index (Phi) is 1.69. The summed E-state index contributed by atoms with van der Waals surface area (Å²) in [6.07, 6.45) is 2.20. The average molecular weight is 199 g/mol. The maximum absolute atomic E-state index is 7.30. The van der Waals surface area contributed by atoms with Gasteiger partial charge in [0, 0.05) is 1.37 Å². The number of hydrogen-bond donors (Lipinski definition) is 0. The molecule has 1 unspecified atom stereocenters. The molecule has 78 valence electrons. The fourth-order valence-electron chi connectivity index (χ4n) is 2.21. The quantitative estimate of drug-likeness (QED) is 0.586. The highest BCUT2D eigenvalue weighted by atomic mass is 16.8. The summed E-state index contributed by atoms with van der Waals surface area (Å²) in [5.74, 6) is -0.853. The molecule has 2 bridgehead atoms. The minimum absolute atomic E-state index is 0.00924. The highest BCUT2D eigenvalue weighted by molar-refractivity contribution is 5.22. The molecule has 0 N–H and O–H groups in total. The third-order valence-corrected chi connectivity index (χ3v) is 2.84. The van der Waals surface area contributed by atoms with Crippen LogP contribution in [-0.2, 0) is 18.9 Å². The molecule has 14 heavy (non-hydrogen) atoms. The lowest BCUT2D eigenvalue weighted by Gasteiger charge is -2.36. The first-order chi connectivity index (χ1) is 7.35. The van der Waals surface area contributed by atoms with E-state index in [0.29, 0.717) is 33.1 Å². The van der Waals surface area contributed by atoms with E-state index in [0.717, 1.165) is 5.57 Å². The van der Waals surface area contributed by atoms with Crippen LogP contribution in [0.5, 0.6) is 0 Å². The normalized spacial score (nSPS) is 40.0. The van der Waals surface area contributed by atoms with Gasteiger partial charge in [-0.3, -0.25) is 0 Å². The van der Waals surface area contributed by atoms with Crippen molar-refractivity contribution < 1.29 is 20.3 Å². The number of ether oxygens (including phenoxy) is 4. The molecule has 1 spiro atoms. The molecule has 4 heteroatoms. The zero-order valence-electron chi connectivity index (χ0n) is 8.90. The SMILES string of the molecule is [2H]CCC1=C[C@H]2COC(O2)C12OCCO2. The van der Waals surface area contributed by atoms with Crippen LogP contribution in [0.4, 0.5) is 0 Å². The Balaban J connectivity index is 1.94. The fraction of sp³-hybridized carbons (Fsp3) is 0.800. The van der Waals surface area contributed by atoms with E-state index in [1.54, 1.807) is 0 Å². The number of rotatable bonds is 1. The molecule has 0 radical (unpaired) electrons. The lowest BCUT2D eigenvalue weighted by atomic mass is 9.99. The summed E-state index contributed by atoms with van der Waals surface area (Å²) >= 11 is 0. The van der Waals surface area contributed by atoms with E-state index in [2.05, 4.69) is 0 Å². The predicted octanol–water partition coefficient (Wildman–Crippen LogP) is 0.821. The molecule has 2 fully saturated rings. The average Bonchev–Trinajstić information content (AvgIpc) is 2.82. The molecule has 3 rings (SSSR count). The van der Waals surface area contributed by atoms with Crippen molar-refractivity contribution >= 4 is 0 Å². The molecular weight excluding hydrogens is 184 g/mol. The minimum Gasteiger partial charge on any atom is -0.344 e. The van der Waals surface area contributed by atoms with Gasteiger partial charge in [-0.25, -0.2) is 0 Å². The van der Waals surface area contributed by atoms with Crippen molar-refractivity contribution in [2.45, 2.75) is 31.5 Å². The third-order valence-electron chi connectivity index (χ3n) is 2.84. The van der Waals surface area contributed by atoms with Gasteiger partial charge in [0.1, 0.15) is 6.10 Å². The Morgan fingerprint density at radius 1 is 1.57 bits per heavy atom. The van der Waals surface area contributed by atoms with Gasteiger partial charge in [0.2, 0.25) is 12.1 Å². The Morgan fingerprint density at radius 3 is 3.21 bits per heavy atom. The number of fused-ring (bicyclic) bond motifs is 3. The van der Waals surface area contributed by atoms with Gasteiger partial charge in [0.05, 0.1) is 19.8 Å². The van der Waals surface area contributed by atoms with Gasteiger partial charge in [-0.1, -0.05) is 6.90 Å². The first-order valence-electron chi connectivity index (χ1n) is 5.61. The molecule has 3 heterocycles. The molecule has 0 aromatic heterocycles. The summed E-state index contributed by atoms with van der Waals surface area (Å²) in [5.41, 5.74) is 1.01. The van der Waals surface area contributed by atoms with Crippen LogP contribution in [0.25, 0.3) is 0 Å². The van der Waals surface area contributed by atoms with Crippen LogP contribution in [0.15, 0.2) is 11.6 Å². The third kappa shape index (κ3) is 1.02. The van der Waals surface area contributed by atoms with Gasteiger partial charge in [-0.05, 0) is 18.1 Å². The Hall–Kier alpha value is -0.420. The van der Waals surface area contributed by atoms with Gasteiger partial charge in [-0.2, -0.15) is 0 Å². The van der Waals surface area contributed by atoms with E-state index >= 15 is 0 Å². The topological polar surface area (TPSA) is 36.9 Å². The van der Waals surface area contributed by atoms with Crippen LogP contribution >= 0.6 is 0 Å². The van der Waals surface area contributed by atoms with E-state index in [1.807, 2.05) is 6.08 Å². The first-order valence-corrected chi connectivity index (χ1v) is 4.90. The van der Waals surface area contributed by atoms with Gasteiger partial charge < -0.3 is 18.9 Å². The summed E-state index contributed by atoms with van der Waals surface area (Å²) in [5, 5.41) is 0. The molecule has 0 aromatic rings. The van der Waals surface area contributed by atoms with Crippen LogP contribution in [0, 0.1) is 0 Å². The number of hydrogen-bond acceptors (Lipinski definition) is 4. The van der Waals surface area contributed by atoms with Crippen molar-refractivity contribution in [1.82, 2.24) is 0 Å². The second-order valence-corrected chi connectivity index (χ2v) is 3.65. The molecular formula is C10H14O4. The van der Waals surface area contributed by atoms with Crippen LogP contribution < -0.4 is 0 Å². The Labute approximate surface area is 84.2 Å². The molecule has 4 nitrogen and oxygen atoms in total. The molecule has 2 saturated heterocycles. The lowest BCUT2D eigenvalue weighted by molar-refractivity contribution is -0.268. The second-order valence-electron chi connectivity index (χ2n) is 3.65. The maximum atomic E-state index is 7.30. The van der Waals surface area contributed by atoms with Crippen LogP contribution in [0.3, 0.4) is 0 Å². The van der Waals surface area contributed by atoms with Crippen LogP contribution in [0.2, 0.25) is 0 Å². The van der Waals surface area contributed by atoms with E-state index in [-0.39, 0.29) is 6.10 Å². The molecule has 0 amide bonds. The van der Waals surface area contributed by atoms with E-state index < -0.39 is 12.1 Å². The molecule has 3 aliphatic heterocycles. The summed E-state index contributed by atoms with van der Waals surface area (Å²) in [7, 11) is 0. The van der Waals surface area contributed by atoms with E-state index in [1.165, 1.54) is 0 Å². The lowest BCUT2D eigenvalue weighted by Crippen LogP contribution is -2.48. The summed E-state index contributed by atoms with van der Waals surface area (Å²) in [6.45, 7) is 2.01. The van der Waals surface area contributed by atoms with Gasteiger partial charge >= 0.3 is 0 Å². The Morgan fingerprint density at radius 2 is 2.43 bits per heavy atom. The van der Waals surface area contributed by atoms with E-state index in [9.17, 15) is 0 Å². The van der Waals surface area contributed by atoms with Crippen molar-refractivity contribution in [3.63, 3.8) is 0 Å². The molecule has 0 aliphatic carbocycles. The largest absolute Gasteiger partial charge is 0.344 e. The highest BCUT2D eigenvalue weighted by Gasteiger charge is 2.55. The van der Waals surface area contributed by atoms with Gasteiger partial charge in [0.25, 0.3) is 0 Å². The molecule has 3 aliphatic rings. The zero-order valence-corrected chi connectivity index (χ0v) is 7.90. The zero-order chi connectivity index (χ0) is 10.3. The first kappa shape index (κ1) is 7.82. The summed E-state index contributed by atoms with van der Waals surface area (Å²) in [6, 6.07) is 0. The van der Waals surface area contributed by atoms with Gasteiger partial charge in [-0.15, -0.1) is 0 Å². The second kappa shape index (κ2) is 3.03. The minimum atomic E-state index is -0.853. The highest BCUT2D eigenvalue weighted by Crippen LogP contribution is 2.42. The predicted molar refractivity (Wildman–Crippen MR) is 47.6 cm³/mol. The van der Waals surface area contributed by atoms with Crippen LogP contribution in [-0.4, -0.2) is 38.0 Å². The van der Waals surface area contributed by atoms with Crippen molar-refractivity contribution in [3.05, 3.63) is 11.6 Å².